The van der Waals surface area contributed by atoms with Gasteiger partial charge in [0.25, 0.3) is 0 Å². The lowest BCUT2D eigenvalue weighted by molar-refractivity contribution is -0.0334. The molecule has 1 aliphatic rings. The highest BCUT2D eigenvalue weighted by Crippen LogP contribution is 2.36. The molecule has 0 aromatic rings. The Morgan fingerprint density at radius 1 is 1.25 bits per heavy atom. The maximum atomic E-state index is 5.65. The monoisotopic (exact) mass is 172 g/mol. The molecular weight excluding hydrogens is 152 g/mol. The van der Waals surface area contributed by atoms with Gasteiger partial charge in [0.1, 0.15) is 6.79 Å². The molecule has 0 unspecified atom stereocenters. The molecule has 0 aliphatic carbocycles. The van der Waals surface area contributed by atoms with Crippen molar-refractivity contribution < 1.29 is 9.47 Å². The zero-order valence-corrected chi connectivity index (χ0v) is 8.76. The van der Waals surface area contributed by atoms with Gasteiger partial charge < -0.3 is 9.47 Å². The van der Waals surface area contributed by atoms with Crippen molar-refractivity contribution in [3.8, 4) is 0 Å². The van der Waals surface area contributed by atoms with Crippen LogP contribution in [0.3, 0.4) is 0 Å². The third-order valence-electron chi connectivity index (χ3n) is 2.93. The summed E-state index contributed by atoms with van der Waals surface area (Å²) in [7, 11) is 0. The average molecular weight is 172 g/mol. The van der Waals surface area contributed by atoms with Gasteiger partial charge >= 0.3 is 0 Å². The Bertz CT molecular complexity index is 154. The summed E-state index contributed by atoms with van der Waals surface area (Å²) in [6, 6.07) is 0. The van der Waals surface area contributed by atoms with Gasteiger partial charge in [0, 0.05) is 0 Å². The molecule has 0 aromatic heterocycles. The Labute approximate surface area is 75.2 Å². The summed E-state index contributed by atoms with van der Waals surface area (Å²) in [5.41, 5.74) is -0.0891. The molecule has 2 nitrogen and oxygen atoms in total. The van der Waals surface area contributed by atoms with Crippen LogP contribution in [-0.4, -0.2) is 18.5 Å². The van der Waals surface area contributed by atoms with E-state index in [2.05, 4.69) is 34.6 Å². The van der Waals surface area contributed by atoms with Crippen LogP contribution in [0, 0.1) is 11.8 Å². The molecule has 0 saturated carbocycles. The topological polar surface area (TPSA) is 18.5 Å². The van der Waals surface area contributed by atoms with Crippen LogP contribution >= 0.6 is 0 Å². The lowest BCUT2D eigenvalue weighted by atomic mass is 9.82. The highest BCUT2D eigenvalue weighted by molar-refractivity contribution is 4.92. The smallest absolute Gasteiger partial charge is 0.148 e. The summed E-state index contributed by atoms with van der Waals surface area (Å²) in [5, 5.41) is 0. The van der Waals surface area contributed by atoms with Crippen molar-refractivity contribution in [2.24, 2.45) is 11.8 Å². The van der Waals surface area contributed by atoms with Gasteiger partial charge in [-0.2, -0.15) is 0 Å². The van der Waals surface area contributed by atoms with Gasteiger partial charge in [-0.15, -0.1) is 0 Å². The summed E-state index contributed by atoms with van der Waals surface area (Å²) in [4.78, 5) is 0. The number of rotatable bonds is 2. The maximum Gasteiger partial charge on any atom is 0.148 e. The highest BCUT2D eigenvalue weighted by atomic mass is 16.7. The summed E-state index contributed by atoms with van der Waals surface area (Å²) < 4.78 is 11.2. The highest BCUT2D eigenvalue weighted by Gasteiger charge is 2.45. The second-order valence-corrected chi connectivity index (χ2v) is 4.43. The van der Waals surface area contributed by atoms with Crippen LogP contribution in [0.1, 0.15) is 34.6 Å². The van der Waals surface area contributed by atoms with E-state index in [4.69, 9.17) is 9.47 Å². The van der Waals surface area contributed by atoms with E-state index in [9.17, 15) is 0 Å². The van der Waals surface area contributed by atoms with E-state index in [0.29, 0.717) is 18.6 Å². The third-order valence-corrected chi connectivity index (χ3v) is 2.93. The molecule has 0 bridgehead atoms. The van der Waals surface area contributed by atoms with Crippen molar-refractivity contribution in [3.63, 3.8) is 0 Å². The van der Waals surface area contributed by atoms with Gasteiger partial charge in [0.15, 0.2) is 0 Å². The van der Waals surface area contributed by atoms with Crippen LogP contribution in [0.2, 0.25) is 0 Å². The molecular formula is C10H20O2. The fourth-order valence-electron chi connectivity index (χ4n) is 1.83. The van der Waals surface area contributed by atoms with Crippen LogP contribution in [0.25, 0.3) is 0 Å². The second kappa shape index (κ2) is 3.35. The van der Waals surface area contributed by atoms with Gasteiger partial charge in [-0.3, -0.25) is 0 Å². The van der Waals surface area contributed by atoms with E-state index in [-0.39, 0.29) is 11.7 Å². The van der Waals surface area contributed by atoms with Crippen LogP contribution in [0.15, 0.2) is 0 Å². The minimum absolute atomic E-state index is 0.0891. The number of hydrogen-bond donors (Lipinski definition) is 0. The van der Waals surface area contributed by atoms with E-state index in [1.165, 1.54) is 0 Å². The van der Waals surface area contributed by atoms with Gasteiger partial charge in [-0.1, -0.05) is 27.7 Å². The van der Waals surface area contributed by atoms with Crippen molar-refractivity contribution in [1.82, 2.24) is 0 Å². The molecule has 12 heavy (non-hydrogen) atoms. The zero-order chi connectivity index (χ0) is 9.35. The first-order valence-corrected chi connectivity index (χ1v) is 4.74. The molecule has 0 spiro atoms. The molecule has 72 valence electrons. The Morgan fingerprint density at radius 3 is 2.17 bits per heavy atom. The van der Waals surface area contributed by atoms with Crippen molar-refractivity contribution >= 4 is 0 Å². The summed E-state index contributed by atoms with van der Waals surface area (Å²) in [5.74, 6) is 1.03. The second-order valence-electron chi connectivity index (χ2n) is 4.43. The first-order chi connectivity index (χ1) is 5.48. The standard InChI is InChI=1S/C10H20O2/c1-7(2)9-10(5,8(3)4)12-6-11-9/h7-9H,6H2,1-5H3/t9-,10-/m1/s1. The van der Waals surface area contributed by atoms with Crippen LogP contribution in [-0.2, 0) is 9.47 Å². The minimum Gasteiger partial charge on any atom is -0.349 e. The van der Waals surface area contributed by atoms with E-state index in [1.807, 2.05) is 0 Å². The minimum atomic E-state index is -0.0891. The Morgan fingerprint density at radius 2 is 1.83 bits per heavy atom. The van der Waals surface area contributed by atoms with E-state index in [0.717, 1.165) is 0 Å². The lowest BCUT2D eigenvalue weighted by Crippen LogP contribution is -2.44. The van der Waals surface area contributed by atoms with Crippen molar-refractivity contribution in [2.45, 2.75) is 46.3 Å². The van der Waals surface area contributed by atoms with Gasteiger partial charge in [-0.05, 0) is 18.8 Å². The molecule has 1 fully saturated rings. The zero-order valence-electron chi connectivity index (χ0n) is 8.76. The molecule has 0 radical (unpaired) electrons. The first-order valence-electron chi connectivity index (χ1n) is 4.74. The lowest BCUT2D eigenvalue weighted by Gasteiger charge is -2.34. The fourth-order valence-corrected chi connectivity index (χ4v) is 1.83. The Balaban J connectivity index is 2.74. The summed E-state index contributed by atoms with van der Waals surface area (Å²) in [6.45, 7) is 11.3. The predicted octanol–water partition coefficient (Wildman–Crippen LogP) is 2.43. The molecule has 1 aliphatic heterocycles. The van der Waals surface area contributed by atoms with Gasteiger partial charge in [0.05, 0.1) is 11.7 Å². The predicted molar refractivity (Wildman–Crippen MR) is 48.9 cm³/mol. The fraction of sp³-hybridized carbons (Fsp3) is 1.00. The number of ether oxygens (including phenoxy) is 2. The SMILES string of the molecule is CC(C)[C@H]1OCO[C@]1(C)C(C)C. The first kappa shape index (κ1) is 10.0. The normalized spacial score (nSPS) is 36.8. The van der Waals surface area contributed by atoms with Crippen LogP contribution < -0.4 is 0 Å². The van der Waals surface area contributed by atoms with Gasteiger partial charge in [-0.25, -0.2) is 0 Å². The van der Waals surface area contributed by atoms with E-state index < -0.39 is 0 Å². The largest absolute Gasteiger partial charge is 0.349 e. The molecule has 0 amide bonds. The van der Waals surface area contributed by atoms with Crippen molar-refractivity contribution in [3.05, 3.63) is 0 Å². The Kier molecular flexibility index (Phi) is 2.79. The third kappa shape index (κ3) is 1.50. The van der Waals surface area contributed by atoms with Crippen molar-refractivity contribution in [2.75, 3.05) is 6.79 Å². The van der Waals surface area contributed by atoms with Crippen LogP contribution in [0.4, 0.5) is 0 Å². The van der Waals surface area contributed by atoms with Crippen molar-refractivity contribution in [1.29, 1.82) is 0 Å². The number of hydrogen-bond acceptors (Lipinski definition) is 2. The van der Waals surface area contributed by atoms with Crippen LogP contribution in [0.5, 0.6) is 0 Å². The molecule has 1 rings (SSSR count). The molecule has 2 heteroatoms. The Hall–Kier alpha value is -0.0800. The molecule has 2 atom stereocenters. The van der Waals surface area contributed by atoms with E-state index in [1.54, 1.807) is 0 Å². The summed E-state index contributed by atoms with van der Waals surface area (Å²) in [6.07, 6.45) is 0.248. The maximum absolute atomic E-state index is 5.65. The average Bonchev–Trinajstić information content (AvgIpc) is 2.32. The summed E-state index contributed by atoms with van der Waals surface area (Å²) >= 11 is 0. The van der Waals surface area contributed by atoms with Gasteiger partial charge in [0.2, 0.25) is 0 Å². The quantitative estimate of drug-likeness (QED) is 0.637. The molecule has 1 saturated heterocycles. The molecule has 1 heterocycles. The molecule has 0 N–H and O–H groups in total. The molecule has 0 aromatic carbocycles. The van der Waals surface area contributed by atoms with E-state index >= 15 is 0 Å².